The number of likely N-dealkylation sites (N-methyl/N-ethyl adjacent to an activating group) is 2. The molecule has 2 aliphatic rings. The summed E-state index contributed by atoms with van der Waals surface area (Å²) in [5, 5.41) is 9.99. The second kappa shape index (κ2) is 6.17. The predicted octanol–water partition coefficient (Wildman–Crippen LogP) is 1.56. The molecule has 0 aromatic carbocycles. The van der Waals surface area contributed by atoms with Crippen LogP contribution in [0.25, 0.3) is 0 Å². The molecule has 0 radical (unpaired) electrons. The Bertz CT molecular complexity index is 234. The number of rotatable bonds is 4. The monoisotopic (exact) mass is 240 g/mol. The second-order valence-corrected chi connectivity index (χ2v) is 6.11. The molecular formula is C14H28N2O. The van der Waals surface area contributed by atoms with Crippen LogP contribution in [0.1, 0.15) is 38.5 Å². The first-order chi connectivity index (χ1) is 8.16. The molecule has 3 nitrogen and oxygen atoms in total. The van der Waals surface area contributed by atoms with Gasteiger partial charge in [0.1, 0.15) is 0 Å². The zero-order chi connectivity index (χ0) is 12.3. The molecule has 0 amide bonds. The van der Waals surface area contributed by atoms with E-state index in [0.29, 0.717) is 5.92 Å². The van der Waals surface area contributed by atoms with Crippen molar-refractivity contribution in [3.05, 3.63) is 0 Å². The van der Waals surface area contributed by atoms with Gasteiger partial charge >= 0.3 is 0 Å². The van der Waals surface area contributed by atoms with Crippen LogP contribution in [0.5, 0.6) is 0 Å². The van der Waals surface area contributed by atoms with Crippen molar-refractivity contribution in [2.45, 2.75) is 50.7 Å². The Labute approximate surface area is 106 Å². The molecule has 1 aliphatic heterocycles. The van der Waals surface area contributed by atoms with E-state index in [1.54, 1.807) is 0 Å². The third-order valence-electron chi connectivity index (χ3n) is 4.61. The van der Waals surface area contributed by atoms with Gasteiger partial charge in [0.25, 0.3) is 0 Å². The van der Waals surface area contributed by atoms with Gasteiger partial charge in [-0.1, -0.05) is 12.8 Å². The van der Waals surface area contributed by atoms with E-state index in [-0.39, 0.29) is 6.10 Å². The predicted molar refractivity (Wildman–Crippen MR) is 71.1 cm³/mol. The summed E-state index contributed by atoms with van der Waals surface area (Å²) in [5.41, 5.74) is 0. The van der Waals surface area contributed by atoms with Crippen molar-refractivity contribution < 1.29 is 5.11 Å². The Hall–Kier alpha value is -0.120. The molecule has 17 heavy (non-hydrogen) atoms. The van der Waals surface area contributed by atoms with Gasteiger partial charge in [0.15, 0.2) is 0 Å². The zero-order valence-electron chi connectivity index (χ0n) is 11.4. The molecule has 100 valence electrons. The summed E-state index contributed by atoms with van der Waals surface area (Å²) in [5.74, 6) is 0.514. The fourth-order valence-electron chi connectivity index (χ4n) is 3.45. The molecular weight excluding hydrogens is 212 g/mol. The summed E-state index contributed by atoms with van der Waals surface area (Å²) < 4.78 is 0. The molecule has 3 unspecified atom stereocenters. The summed E-state index contributed by atoms with van der Waals surface area (Å²) in [6, 6.07) is 0.737. The molecule has 1 aliphatic carbocycles. The lowest BCUT2D eigenvalue weighted by atomic mass is 9.86. The minimum Gasteiger partial charge on any atom is -0.393 e. The third kappa shape index (κ3) is 3.67. The van der Waals surface area contributed by atoms with Crippen LogP contribution in [0, 0.1) is 5.92 Å². The lowest BCUT2D eigenvalue weighted by molar-refractivity contribution is 0.0477. The van der Waals surface area contributed by atoms with Gasteiger partial charge < -0.3 is 14.9 Å². The van der Waals surface area contributed by atoms with E-state index in [2.05, 4.69) is 23.9 Å². The second-order valence-electron chi connectivity index (χ2n) is 6.11. The summed E-state index contributed by atoms with van der Waals surface area (Å²) in [6.07, 6.45) is 7.39. The lowest BCUT2D eigenvalue weighted by Crippen LogP contribution is -2.41. The van der Waals surface area contributed by atoms with Crippen molar-refractivity contribution >= 4 is 0 Å². The lowest BCUT2D eigenvalue weighted by Gasteiger charge is -2.33. The molecule has 1 heterocycles. The Morgan fingerprint density at radius 3 is 2.53 bits per heavy atom. The van der Waals surface area contributed by atoms with Gasteiger partial charge in [0, 0.05) is 19.1 Å². The molecule has 1 N–H and O–H groups in total. The molecule has 3 atom stereocenters. The van der Waals surface area contributed by atoms with Crippen molar-refractivity contribution in [2.75, 3.05) is 33.7 Å². The van der Waals surface area contributed by atoms with E-state index in [1.165, 1.54) is 45.2 Å². The summed E-state index contributed by atoms with van der Waals surface area (Å²) >= 11 is 0. The number of likely N-dealkylation sites (tertiary alicyclic amines) is 1. The molecule has 3 heteroatoms. The highest BCUT2D eigenvalue weighted by Crippen LogP contribution is 2.25. The molecule has 1 saturated carbocycles. The van der Waals surface area contributed by atoms with Gasteiger partial charge in [-0.15, -0.1) is 0 Å². The number of aliphatic hydroxyl groups is 1. The van der Waals surface area contributed by atoms with Crippen LogP contribution < -0.4 is 0 Å². The molecule has 0 aromatic rings. The summed E-state index contributed by atoms with van der Waals surface area (Å²) in [7, 11) is 4.45. The molecule has 1 saturated heterocycles. The van der Waals surface area contributed by atoms with E-state index in [1.807, 2.05) is 0 Å². The zero-order valence-corrected chi connectivity index (χ0v) is 11.4. The fourth-order valence-corrected chi connectivity index (χ4v) is 3.45. The quantitative estimate of drug-likeness (QED) is 0.808. The van der Waals surface area contributed by atoms with Crippen molar-refractivity contribution in [3.8, 4) is 0 Å². The van der Waals surface area contributed by atoms with E-state index in [0.717, 1.165) is 19.0 Å². The Morgan fingerprint density at radius 2 is 1.88 bits per heavy atom. The van der Waals surface area contributed by atoms with Crippen LogP contribution in [-0.4, -0.2) is 60.8 Å². The first-order valence-corrected chi connectivity index (χ1v) is 7.23. The molecule has 0 bridgehead atoms. The number of hydrogen-bond donors (Lipinski definition) is 1. The average Bonchev–Trinajstić information content (AvgIpc) is 2.68. The SMILES string of the molecule is CN(CC1CCCCC1O)CC1CCCN1C. The fraction of sp³-hybridized carbons (Fsp3) is 1.00. The van der Waals surface area contributed by atoms with Crippen LogP contribution in [0.4, 0.5) is 0 Å². The maximum atomic E-state index is 9.99. The van der Waals surface area contributed by atoms with Gasteiger partial charge in [-0.25, -0.2) is 0 Å². The minimum absolute atomic E-state index is 0.0486. The van der Waals surface area contributed by atoms with Crippen LogP contribution in [-0.2, 0) is 0 Å². The van der Waals surface area contributed by atoms with E-state index >= 15 is 0 Å². The minimum atomic E-state index is -0.0486. The summed E-state index contributed by atoms with van der Waals surface area (Å²) in [6.45, 7) is 3.50. The van der Waals surface area contributed by atoms with E-state index in [9.17, 15) is 5.11 Å². The summed E-state index contributed by atoms with van der Waals surface area (Å²) in [4.78, 5) is 4.92. The van der Waals surface area contributed by atoms with Crippen LogP contribution in [0.2, 0.25) is 0 Å². The van der Waals surface area contributed by atoms with Crippen LogP contribution in [0.15, 0.2) is 0 Å². The average molecular weight is 240 g/mol. The van der Waals surface area contributed by atoms with Crippen molar-refractivity contribution in [1.82, 2.24) is 9.80 Å². The van der Waals surface area contributed by atoms with Gasteiger partial charge in [-0.05, 0) is 52.2 Å². The van der Waals surface area contributed by atoms with Gasteiger partial charge in [0.05, 0.1) is 6.10 Å². The molecule has 2 rings (SSSR count). The topological polar surface area (TPSA) is 26.7 Å². The number of aliphatic hydroxyl groups excluding tert-OH is 1. The highest BCUT2D eigenvalue weighted by Gasteiger charge is 2.26. The standard InChI is InChI=1S/C14H28N2O/c1-15(11-13-7-5-9-16(13)2)10-12-6-3-4-8-14(12)17/h12-14,17H,3-11H2,1-2H3. The Morgan fingerprint density at radius 1 is 1.12 bits per heavy atom. The largest absolute Gasteiger partial charge is 0.393 e. The van der Waals surface area contributed by atoms with E-state index in [4.69, 9.17) is 0 Å². The maximum absolute atomic E-state index is 9.99. The van der Waals surface area contributed by atoms with Crippen molar-refractivity contribution in [2.24, 2.45) is 5.92 Å². The van der Waals surface area contributed by atoms with E-state index < -0.39 is 0 Å². The van der Waals surface area contributed by atoms with Gasteiger partial charge in [-0.3, -0.25) is 0 Å². The molecule has 0 aromatic heterocycles. The Kier molecular flexibility index (Phi) is 4.83. The number of hydrogen-bond acceptors (Lipinski definition) is 3. The van der Waals surface area contributed by atoms with Crippen LogP contribution >= 0.6 is 0 Å². The normalized spacial score (nSPS) is 35.6. The first-order valence-electron chi connectivity index (χ1n) is 7.23. The third-order valence-corrected chi connectivity index (χ3v) is 4.61. The maximum Gasteiger partial charge on any atom is 0.0580 e. The van der Waals surface area contributed by atoms with Crippen molar-refractivity contribution in [1.29, 1.82) is 0 Å². The van der Waals surface area contributed by atoms with Crippen LogP contribution in [0.3, 0.4) is 0 Å². The van der Waals surface area contributed by atoms with Crippen molar-refractivity contribution in [3.63, 3.8) is 0 Å². The smallest absolute Gasteiger partial charge is 0.0580 e. The highest BCUT2D eigenvalue weighted by atomic mass is 16.3. The van der Waals surface area contributed by atoms with Gasteiger partial charge in [0.2, 0.25) is 0 Å². The highest BCUT2D eigenvalue weighted by molar-refractivity contribution is 4.81. The van der Waals surface area contributed by atoms with Gasteiger partial charge in [-0.2, -0.15) is 0 Å². The molecule has 2 fully saturated rings. The Balaban J connectivity index is 1.74. The first kappa shape index (κ1) is 13.3. The molecule has 0 spiro atoms. The number of nitrogens with zero attached hydrogens (tertiary/aromatic N) is 2.